The molecular weight excluding hydrogens is 448 g/mol. The Bertz CT molecular complexity index is 1110. The maximum absolute atomic E-state index is 12.9. The van der Waals surface area contributed by atoms with Crippen molar-refractivity contribution in [2.45, 2.75) is 25.3 Å². The van der Waals surface area contributed by atoms with Gasteiger partial charge in [0.25, 0.3) is 5.91 Å². The fourth-order valence-corrected chi connectivity index (χ4v) is 4.99. The predicted molar refractivity (Wildman–Crippen MR) is 123 cm³/mol. The van der Waals surface area contributed by atoms with Crippen molar-refractivity contribution in [1.29, 1.82) is 0 Å². The number of rotatable bonds is 8. The van der Waals surface area contributed by atoms with E-state index in [1.807, 2.05) is 35.0 Å². The standard InChI is InChI=1S/C23H22N2O5S2/c1-29-19-8-6-15(12-18(19)26)7-9-23(28)30-14-22(27)25-17(21-5-3-11-32-21)13-16(24-25)20-4-2-10-31-20/h2-6,8,10-12,17,26H,7,9,13-14H2,1H3. The molecule has 2 aromatic heterocycles. The summed E-state index contributed by atoms with van der Waals surface area (Å²) >= 11 is 3.16. The van der Waals surface area contributed by atoms with Gasteiger partial charge in [-0.1, -0.05) is 18.2 Å². The zero-order valence-corrected chi connectivity index (χ0v) is 19.0. The highest BCUT2D eigenvalue weighted by Crippen LogP contribution is 2.36. The van der Waals surface area contributed by atoms with E-state index < -0.39 is 5.97 Å². The Morgan fingerprint density at radius 1 is 1.19 bits per heavy atom. The number of ether oxygens (including phenoxy) is 2. The molecule has 0 spiro atoms. The van der Waals surface area contributed by atoms with E-state index >= 15 is 0 Å². The number of carbonyl (C=O) groups excluding carboxylic acids is 2. The van der Waals surface area contributed by atoms with Crippen LogP contribution in [0.2, 0.25) is 0 Å². The molecule has 3 aromatic rings. The van der Waals surface area contributed by atoms with Crippen LogP contribution in [0, 0.1) is 0 Å². The molecule has 0 radical (unpaired) electrons. The molecule has 1 amide bonds. The van der Waals surface area contributed by atoms with E-state index in [1.54, 1.807) is 40.9 Å². The lowest BCUT2D eigenvalue weighted by Crippen LogP contribution is -2.31. The molecule has 32 heavy (non-hydrogen) atoms. The van der Waals surface area contributed by atoms with E-state index in [4.69, 9.17) is 9.47 Å². The van der Waals surface area contributed by atoms with Gasteiger partial charge >= 0.3 is 5.97 Å². The molecule has 0 saturated heterocycles. The molecule has 7 nitrogen and oxygen atoms in total. The summed E-state index contributed by atoms with van der Waals surface area (Å²) in [6.45, 7) is -0.365. The van der Waals surface area contributed by atoms with Gasteiger partial charge in [-0.2, -0.15) is 5.10 Å². The normalized spacial score (nSPS) is 15.5. The Morgan fingerprint density at radius 3 is 2.69 bits per heavy atom. The van der Waals surface area contributed by atoms with Crippen LogP contribution in [-0.2, 0) is 20.7 Å². The molecule has 1 aliphatic rings. The van der Waals surface area contributed by atoms with Crippen LogP contribution >= 0.6 is 22.7 Å². The Kier molecular flexibility index (Phi) is 6.87. The molecule has 4 rings (SSSR count). The number of hydrazone groups is 1. The topological polar surface area (TPSA) is 88.4 Å². The minimum atomic E-state index is -0.483. The van der Waals surface area contributed by atoms with E-state index in [-0.39, 0.29) is 30.7 Å². The monoisotopic (exact) mass is 470 g/mol. The lowest BCUT2D eigenvalue weighted by molar-refractivity contribution is -0.152. The lowest BCUT2D eigenvalue weighted by Gasteiger charge is -2.20. The molecule has 9 heteroatoms. The molecule has 1 N–H and O–H groups in total. The first-order valence-electron chi connectivity index (χ1n) is 10.0. The van der Waals surface area contributed by atoms with Crippen LogP contribution in [0.3, 0.4) is 0 Å². The number of nitrogens with zero attached hydrogens (tertiary/aromatic N) is 2. The number of benzene rings is 1. The average Bonchev–Trinajstić information content (AvgIpc) is 3.56. The van der Waals surface area contributed by atoms with E-state index in [0.717, 1.165) is 21.0 Å². The number of aryl methyl sites for hydroxylation is 1. The van der Waals surface area contributed by atoms with Gasteiger partial charge in [0.1, 0.15) is 0 Å². The molecule has 1 atom stereocenters. The molecule has 0 aliphatic carbocycles. The van der Waals surface area contributed by atoms with Crippen molar-refractivity contribution >= 4 is 40.3 Å². The van der Waals surface area contributed by atoms with Gasteiger partial charge in [0.15, 0.2) is 18.1 Å². The third-order valence-corrected chi connectivity index (χ3v) is 6.95. The highest BCUT2D eigenvalue weighted by molar-refractivity contribution is 7.12. The van der Waals surface area contributed by atoms with Crippen LogP contribution in [-0.4, -0.2) is 41.4 Å². The van der Waals surface area contributed by atoms with E-state index in [1.165, 1.54) is 12.1 Å². The molecule has 0 saturated carbocycles. The Hall–Kier alpha value is -3.17. The number of phenolic OH excluding ortho intramolecular Hbond substituents is 1. The number of hydrogen-bond acceptors (Lipinski definition) is 8. The Balaban J connectivity index is 1.35. The van der Waals surface area contributed by atoms with Crippen molar-refractivity contribution in [3.63, 3.8) is 0 Å². The van der Waals surface area contributed by atoms with Crippen molar-refractivity contribution in [2.24, 2.45) is 5.10 Å². The van der Waals surface area contributed by atoms with Gasteiger partial charge in [-0.05, 0) is 47.0 Å². The number of amides is 1. The fraction of sp³-hybridized carbons (Fsp3) is 0.261. The molecule has 1 unspecified atom stereocenters. The number of thiophene rings is 2. The minimum Gasteiger partial charge on any atom is -0.504 e. The summed E-state index contributed by atoms with van der Waals surface area (Å²) in [6.07, 6.45) is 1.10. The van der Waals surface area contributed by atoms with Gasteiger partial charge in [0, 0.05) is 17.7 Å². The van der Waals surface area contributed by atoms with Crippen LogP contribution < -0.4 is 4.74 Å². The van der Waals surface area contributed by atoms with Crippen LogP contribution in [0.1, 0.15) is 34.2 Å². The van der Waals surface area contributed by atoms with E-state index in [0.29, 0.717) is 18.6 Å². The maximum Gasteiger partial charge on any atom is 0.306 e. The second kappa shape index (κ2) is 9.97. The number of carbonyl (C=O) groups is 2. The third kappa shape index (κ3) is 5.00. The molecule has 166 valence electrons. The summed E-state index contributed by atoms with van der Waals surface area (Å²) in [5.74, 6) is -0.453. The predicted octanol–water partition coefficient (Wildman–Crippen LogP) is 4.38. The smallest absolute Gasteiger partial charge is 0.306 e. The minimum absolute atomic E-state index is 0.0154. The summed E-state index contributed by atoms with van der Waals surface area (Å²) < 4.78 is 10.2. The number of aromatic hydroxyl groups is 1. The first-order valence-corrected chi connectivity index (χ1v) is 11.8. The van der Waals surface area contributed by atoms with Gasteiger partial charge in [0.2, 0.25) is 0 Å². The number of hydrogen-bond donors (Lipinski definition) is 1. The highest BCUT2D eigenvalue weighted by Gasteiger charge is 2.34. The molecule has 1 aromatic carbocycles. The van der Waals surface area contributed by atoms with E-state index in [2.05, 4.69) is 5.10 Å². The van der Waals surface area contributed by atoms with Crippen LogP contribution in [0.5, 0.6) is 11.5 Å². The maximum atomic E-state index is 12.9. The quantitative estimate of drug-likeness (QED) is 0.494. The van der Waals surface area contributed by atoms with Crippen LogP contribution in [0.15, 0.2) is 58.3 Å². The summed E-state index contributed by atoms with van der Waals surface area (Å²) in [6, 6.07) is 12.6. The largest absolute Gasteiger partial charge is 0.504 e. The third-order valence-electron chi connectivity index (χ3n) is 5.06. The average molecular weight is 471 g/mol. The van der Waals surface area contributed by atoms with Crippen molar-refractivity contribution < 1.29 is 24.2 Å². The first-order chi connectivity index (χ1) is 15.5. The summed E-state index contributed by atoms with van der Waals surface area (Å²) in [4.78, 5) is 27.1. The van der Waals surface area contributed by atoms with Gasteiger partial charge in [0.05, 0.1) is 23.7 Å². The van der Waals surface area contributed by atoms with Crippen molar-refractivity contribution in [3.8, 4) is 11.5 Å². The highest BCUT2D eigenvalue weighted by atomic mass is 32.1. The van der Waals surface area contributed by atoms with Gasteiger partial charge < -0.3 is 14.6 Å². The first kappa shape index (κ1) is 22.0. The second-order valence-corrected chi connectivity index (χ2v) is 9.09. The molecule has 3 heterocycles. The number of esters is 1. The molecule has 0 bridgehead atoms. The lowest BCUT2D eigenvalue weighted by atomic mass is 10.1. The molecule has 1 aliphatic heterocycles. The Morgan fingerprint density at radius 2 is 2.00 bits per heavy atom. The van der Waals surface area contributed by atoms with Crippen molar-refractivity contribution in [2.75, 3.05) is 13.7 Å². The summed E-state index contributed by atoms with van der Waals surface area (Å²) in [5, 5.41) is 19.8. The zero-order valence-electron chi connectivity index (χ0n) is 17.4. The number of phenols is 1. The molecular formula is C23H22N2O5S2. The van der Waals surface area contributed by atoms with Gasteiger partial charge in [-0.15, -0.1) is 22.7 Å². The van der Waals surface area contributed by atoms with Gasteiger partial charge in [-0.3, -0.25) is 9.59 Å². The fourth-order valence-electron chi connectivity index (χ4n) is 3.45. The molecule has 0 fully saturated rings. The van der Waals surface area contributed by atoms with Crippen molar-refractivity contribution in [1.82, 2.24) is 5.01 Å². The zero-order chi connectivity index (χ0) is 22.5. The summed E-state index contributed by atoms with van der Waals surface area (Å²) in [7, 11) is 1.47. The van der Waals surface area contributed by atoms with Crippen molar-refractivity contribution in [3.05, 3.63) is 68.5 Å². The summed E-state index contributed by atoms with van der Waals surface area (Å²) in [5.41, 5.74) is 1.63. The number of methoxy groups -OCH3 is 1. The van der Waals surface area contributed by atoms with Crippen LogP contribution in [0.25, 0.3) is 0 Å². The van der Waals surface area contributed by atoms with E-state index in [9.17, 15) is 14.7 Å². The van der Waals surface area contributed by atoms with Gasteiger partial charge in [-0.25, -0.2) is 5.01 Å². The second-order valence-electron chi connectivity index (χ2n) is 7.16. The SMILES string of the molecule is COc1ccc(CCC(=O)OCC(=O)N2N=C(c3cccs3)CC2c2cccs2)cc1O. The Labute approximate surface area is 193 Å². The van der Waals surface area contributed by atoms with Crippen LogP contribution in [0.4, 0.5) is 0 Å².